The van der Waals surface area contributed by atoms with Gasteiger partial charge in [0.25, 0.3) is 0 Å². The van der Waals surface area contributed by atoms with Gasteiger partial charge in [-0.15, -0.1) is 0 Å². The predicted molar refractivity (Wildman–Crippen MR) is 87.9 cm³/mol. The fourth-order valence-corrected chi connectivity index (χ4v) is 3.35. The second-order valence-corrected chi connectivity index (χ2v) is 6.42. The number of benzene rings is 1. The monoisotopic (exact) mass is 318 g/mol. The zero-order chi connectivity index (χ0) is 16.1. The van der Waals surface area contributed by atoms with Gasteiger partial charge in [-0.05, 0) is 38.4 Å². The number of likely N-dealkylation sites (tertiary alicyclic amines) is 1. The molecule has 1 amide bonds. The van der Waals surface area contributed by atoms with Crippen molar-refractivity contribution in [1.82, 2.24) is 10.2 Å². The van der Waals surface area contributed by atoms with Crippen LogP contribution in [0.1, 0.15) is 31.4 Å². The average molecular weight is 318 g/mol. The quantitative estimate of drug-likeness (QED) is 0.901. The maximum atomic E-state index is 12.2. The van der Waals surface area contributed by atoms with Gasteiger partial charge in [-0.3, -0.25) is 9.69 Å². The van der Waals surface area contributed by atoms with Crippen molar-refractivity contribution >= 4 is 5.91 Å². The lowest BCUT2D eigenvalue weighted by atomic mass is 9.96. The fourth-order valence-electron chi connectivity index (χ4n) is 3.35. The zero-order valence-electron chi connectivity index (χ0n) is 13.7. The third-order valence-corrected chi connectivity index (χ3v) is 4.71. The van der Waals surface area contributed by atoms with E-state index in [-0.39, 0.29) is 18.2 Å². The van der Waals surface area contributed by atoms with Crippen LogP contribution < -0.4 is 5.32 Å². The van der Waals surface area contributed by atoms with Crippen molar-refractivity contribution in [3.63, 3.8) is 0 Å². The summed E-state index contributed by atoms with van der Waals surface area (Å²) in [6.45, 7) is 5.78. The second-order valence-electron chi connectivity index (χ2n) is 6.42. The van der Waals surface area contributed by atoms with Crippen LogP contribution >= 0.6 is 0 Å². The van der Waals surface area contributed by atoms with Gasteiger partial charge >= 0.3 is 0 Å². The van der Waals surface area contributed by atoms with Gasteiger partial charge in [0.2, 0.25) is 5.91 Å². The lowest BCUT2D eigenvalue weighted by Gasteiger charge is -2.33. The summed E-state index contributed by atoms with van der Waals surface area (Å²) in [5, 5.41) is 3.08. The van der Waals surface area contributed by atoms with E-state index >= 15 is 0 Å². The lowest BCUT2D eigenvalue weighted by Crippen LogP contribution is -2.43. The van der Waals surface area contributed by atoms with Crippen molar-refractivity contribution in [2.75, 3.05) is 32.8 Å². The maximum Gasteiger partial charge on any atom is 0.234 e. The molecule has 126 valence electrons. The van der Waals surface area contributed by atoms with E-state index in [2.05, 4.69) is 10.2 Å². The highest BCUT2D eigenvalue weighted by Gasteiger charge is 2.30. The van der Waals surface area contributed by atoms with Crippen molar-refractivity contribution in [3.8, 4) is 0 Å². The van der Waals surface area contributed by atoms with Gasteiger partial charge in [0.05, 0.1) is 25.8 Å². The molecule has 2 fully saturated rings. The molecule has 0 aliphatic carbocycles. The minimum atomic E-state index is -0.0240. The van der Waals surface area contributed by atoms with E-state index in [0.29, 0.717) is 25.7 Å². The topological polar surface area (TPSA) is 50.8 Å². The Kier molecular flexibility index (Phi) is 5.65. The van der Waals surface area contributed by atoms with Crippen LogP contribution in [0.15, 0.2) is 30.3 Å². The number of piperidine rings is 1. The summed E-state index contributed by atoms with van der Waals surface area (Å²) in [5.41, 5.74) is 1.13. The first kappa shape index (κ1) is 16.4. The Hall–Kier alpha value is -1.43. The van der Waals surface area contributed by atoms with Gasteiger partial charge in [0.1, 0.15) is 0 Å². The van der Waals surface area contributed by atoms with Gasteiger partial charge in [-0.1, -0.05) is 30.3 Å². The van der Waals surface area contributed by atoms with Crippen LogP contribution in [0.25, 0.3) is 0 Å². The van der Waals surface area contributed by atoms with Gasteiger partial charge in [0.15, 0.2) is 6.29 Å². The predicted octanol–water partition coefficient (Wildman–Crippen LogP) is 1.95. The van der Waals surface area contributed by atoms with Crippen molar-refractivity contribution in [1.29, 1.82) is 0 Å². The number of nitrogens with zero attached hydrogens (tertiary/aromatic N) is 1. The molecule has 23 heavy (non-hydrogen) atoms. The summed E-state index contributed by atoms with van der Waals surface area (Å²) in [6.07, 6.45) is 2.04. The molecule has 0 aromatic heterocycles. The summed E-state index contributed by atoms with van der Waals surface area (Å²) >= 11 is 0. The Bertz CT molecular complexity index is 494. The standard InChI is InChI=1S/C18H26N2O3/c1-14(15-5-3-2-4-6-15)19-17(21)13-20-9-7-16(8-10-20)18-22-11-12-23-18/h2-6,14,16,18H,7-13H2,1H3,(H,19,21). The first-order valence-corrected chi connectivity index (χ1v) is 8.52. The van der Waals surface area contributed by atoms with Crippen LogP contribution in [0.2, 0.25) is 0 Å². The SMILES string of the molecule is CC(NC(=O)CN1CCC(C2OCCO2)CC1)c1ccccc1. The molecule has 2 aliphatic rings. The minimum Gasteiger partial charge on any atom is -0.350 e. The van der Waals surface area contributed by atoms with Crippen LogP contribution in [-0.4, -0.2) is 49.9 Å². The molecular formula is C18H26N2O3. The molecule has 0 spiro atoms. The van der Waals surface area contributed by atoms with Crippen LogP contribution in [0.4, 0.5) is 0 Å². The van der Waals surface area contributed by atoms with E-state index in [4.69, 9.17) is 9.47 Å². The number of amides is 1. The molecule has 0 bridgehead atoms. The summed E-state index contributed by atoms with van der Waals surface area (Å²) in [4.78, 5) is 14.5. The van der Waals surface area contributed by atoms with E-state index in [1.165, 1.54) is 0 Å². The van der Waals surface area contributed by atoms with E-state index in [1.807, 2.05) is 37.3 Å². The van der Waals surface area contributed by atoms with Crippen LogP contribution in [0, 0.1) is 5.92 Å². The summed E-state index contributed by atoms with van der Waals surface area (Å²) in [6, 6.07) is 10.1. The number of hydrogen-bond donors (Lipinski definition) is 1. The van der Waals surface area contributed by atoms with Crippen molar-refractivity contribution < 1.29 is 14.3 Å². The normalized spacial score (nSPS) is 22.1. The molecule has 0 saturated carbocycles. The third kappa shape index (κ3) is 4.53. The molecule has 0 radical (unpaired) electrons. The number of rotatable bonds is 5. The average Bonchev–Trinajstić information content (AvgIpc) is 3.11. The Morgan fingerprint density at radius 2 is 1.87 bits per heavy atom. The largest absolute Gasteiger partial charge is 0.350 e. The van der Waals surface area contributed by atoms with Crippen LogP contribution in [-0.2, 0) is 14.3 Å². The van der Waals surface area contributed by atoms with E-state index < -0.39 is 0 Å². The van der Waals surface area contributed by atoms with Crippen LogP contribution in [0.5, 0.6) is 0 Å². The first-order valence-electron chi connectivity index (χ1n) is 8.52. The Labute approximate surface area is 137 Å². The highest BCUT2D eigenvalue weighted by atomic mass is 16.7. The number of carbonyl (C=O) groups excluding carboxylic acids is 1. The zero-order valence-corrected chi connectivity index (χ0v) is 13.7. The molecule has 1 unspecified atom stereocenters. The van der Waals surface area contributed by atoms with E-state index in [9.17, 15) is 4.79 Å². The van der Waals surface area contributed by atoms with Crippen molar-refractivity contribution in [3.05, 3.63) is 35.9 Å². The Balaban J connectivity index is 1.40. The maximum absolute atomic E-state index is 12.2. The molecule has 2 aliphatic heterocycles. The summed E-state index contributed by atoms with van der Waals surface area (Å²) < 4.78 is 11.2. The number of nitrogens with one attached hydrogen (secondary N) is 1. The molecule has 2 saturated heterocycles. The minimum absolute atomic E-state index is 0.0240. The molecule has 5 heteroatoms. The molecule has 3 rings (SSSR count). The molecular weight excluding hydrogens is 292 g/mol. The molecule has 2 heterocycles. The van der Waals surface area contributed by atoms with Crippen LogP contribution in [0.3, 0.4) is 0 Å². The fraction of sp³-hybridized carbons (Fsp3) is 0.611. The first-order chi connectivity index (χ1) is 11.2. The van der Waals surface area contributed by atoms with Gasteiger partial charge in [-0.25, -0.2) is 0 Å². The van der Waals surface area contributed by atoms with Gasteiger partial charge in [-0.2, -0.15) is 0 Å². The Morgan fingerprint density at radius 3 is 2.52 bits per heavy atom. The Morgan fingerprint density at radius 1 is 1.22 bits per heavy atom. The van der Waals surface area contributed by atoms with Crippen molar-refractivity contribution in [2.45, 2.75) is 32.1 Å². The summed E-state index contributed by atoms with van der Waals surface area (Å²) in [7, 11) is 0. The molecule has 1 aromatic carbocycles. The highest BCUT2D eigenvalue weighted by molar-refractivity contribution is 5.78. The number of hydrogen-bond acceptors (Lipinski definition) is 4. The second kappa shape index (κ2) is 7.90. The molecule has 1 N–H and O–H groups in total. The molecule has 1 aromatic rings. The van der Waals surface area contributed by atoms with Gasteiger partial charge < -0.3 is 14.8 Å². The highest BCUT2D eigenvalue weighted by Crippen LogP contribution is 2.25. The number of ether oxygens (including phenoxy) is 2. The molecule has 5 nitrogen and oxygen atoms in total. The van der Waals surface area contributed by atoms with E-state index in [1.54, 1.807) is 0 Å². The lowest BCUT2D eigenvalue weighted by molar-refractivity contribution is -0.124. The number of carbonyl (C=O) groups is 1. The molecule has 1 atom stereocenters. The smallest absolute Gasteiger partial charge is 0.234 e. The summed E-state index contributed by atoms with van der Waals surface area (Å²) in [5.74, 6) is 0.563. The van der Waals surface area contributed by atoms with Gasteiger partial charge in [0, 0.05) is 5.92 Å². The third-order valence-electron chi connectivity index (χ3n) is 4.71. The van der Waals surface area contributed by atoms with Crippen molar-refractivity contribution in [2.24, 2.45) is 5.92 Å². The van der Waals surface area contributed by atoms with E-state index in [0.717, 1.165) is 31.5 Å².